The molecular weight excluding hydrogens is 238 g/mol. The SMILES string of the molecule is CCN(CC)C(=O)c1c[nH]c2nccc(Cl)c12. The monoisotopic (exact) mass is 251 g/mol. The maximum Gasteiger partial charge on any atom is 0.256 e. The highest BCUT2D eigenvalue weighted by Crippen LogP contribution is 2.25. The second kappa shape index (κ2) is 4.75. The fraction of sp³-hybridized carbons (Fsp3) is 0.333. The van der Waals surface area contributed by atoms with Crippen molar-refractivity contribution in [2.24, 2.45) is 0 Å². The van der Waals surface area contributed by atoms with Crippen molar-refractivity contribution in [2.45, 2.75) is 13.8 Å². The Hall–Kier alpha value is -1.55. The van der Waals surface area contributed by atoms with E-state index in [4.69, 9.17) is 11.6 Å². The van der Waals surface area contributed by atoms with Gasteiger partial charge in [0.05, 0.1) is 16.0 Å². The van der Waals surface area contributed by atoms with Gasteiger partial charge in [0.15, 0.2) is 0 Å². The number of halogens is 1. The van der Waals surface area contributed by atoms with Gasteiger partial charge in [0.1, 0.15) is 5.65 Å². The molecule has 2 aromatic rings. The molecule has 0 aliphatic rings. The molecular formula is C12H14ClN3O. The Labute approximate surface area is 105 Å². The van der Waals surface area contributed by atoms with E-state index in [1.54, 1.807) is 23.4 Å². The van der Waals surface area contributed by atoms with Crippen LogP contribution in [-0.4, -0.2) is 33.9 Å². The van der Waals surface area contributed by atoms with Crippen molar-refractivity contribution in [1.29, 1.82) is 0 Å². The molecule has 0 bridgehead atoms. The summed E-state index contributed by atoms with van der Waals surface area (Å²) in [5, 5.41) is 1.25. The van der Waals surface area contributed by atoms with Gasteiger partial charge in [0.2, 0.25) is 0 Å². The van der Waals surface area contributed by atoms with Gasteiger partial charge < -0.3 is 9.88 Å². The molecule has 0 saturated heterocycles. The average molecular weight is 252 g/mol. The van der Waals surface area contributed by atoms with Gasteiger partial charge in [-0.3, -0.25) is 4.79 Å². The van der Waals surface area contributed by atoms with Crippen LogP contribution < -0.4 is 0 Å². The van der Waals surface area contributed by atoms with Gasteiger partial charge in [0, 0.05) is 25.5 Å². The Morgan fingerprint density at radius 3 is 2.82 bits per heavy atom. The minimum absolute atomic E-state index is 0.0175. The third-order valence-electron chi connectivity index (χ3n) is 2.80. The van der Waals surface area contributed by atoms with E-state index in [0.29, 0.717) is 34.7 Å². The Morgan fingerprint density at radius 1 is 1.47 bits per heavy atom. The molecule has 5 heteroatoms. The molecule has 0 radical (unpaired) electrons. The molecule has 0 aliphatic heterocycles. The molecule has 0 aromatic carbocycles. The number of fused-ring (bicyclic) bond motifs is 1. The summed E-state index contributed by atoms with van der Waals surface area (Å²) in [6.45, 7) is 5.27. The molecule has 0 spiro atoms. The van der Waals surface area contributed by atoms with Gasteiger partial charge in [-0.15, -0.1) is 0 Å². The first-order chi connectivity index (χ1) is 8.19. The van der Waals surface area contributed by atoms with Crippen LogP contribution in [0.3, 0.4) is 0 Å². The van der Waals surface area contributed by atoms with Crippen LogP contribution in [-0.2, 0) is 0 Å². The van der Waals surface area contributed by atoms with Crippen molar-refractivity contribution < 1.29 is 4.79 Å². The van der Waals surface area contributed by atoms with Gasteiger partial charge in [-0.2, -0.15) is 0 Å². The third kappa shape index (κ3) is 2.00. The van der Waals surface area contributed by atoms with E-state index in [1.165, 1.54) is 0 Å². The fourth-order valence-corrected chi connectivity index (χ4v) is 2.11. The number of hydrogen-bond acceptors (Lipinski definition) is 2. The van der Waals surface area contributed by atoms with Crippen LogP contribution in [0.15, 0.2) is 18.5 Å². The van der Waals surface area contributed by atoms with Crippen molar-refractivity contribution in [3.8, 4) is 0 Å². The van der Waals surface area contributed by atoms with E-state index < -0.39 is 0 Å². The molecule has 4 nitrogen and oxygen atoms in total. The molecule has 2 rings (SSSR count). The molecule has 0 saturated carbocycles. The molecule has 1 N–H and O–H groups in total. The average Bonchev–Trinajstić information content (AvgIpc) is 2.75. The zero-order valence-corrected chi connectivity index (χ0v) is 10.6. The number of carbonyl (C=O) groups excluding carboxylic acids is 1. The predicted molar refractivity (Wildman–Crippen MR) is 68.4 cm³/mol. The maximum atomic E-state index is 12.3. The van der Waals surface area contributed by atoms with Crippen molar-refractivity contribution in [2.75, 3.05) is 13.1 Å². The largest absolute Gasteiger partial charge is 0.345 e. The van der Waals surface area contributed by atoms with Crippen LogP contribution in [0, 0.1) is 0 Å². The molecule has 0 atom stereocenters. The molecule has 0 aliphatic carbocycles. The number of amides is 1. The quantitative estimate of drug-likeness (QED) is 0.912. The normalized spacial score (nSPS) is 10.8. The first kappa shape index (κ1) is 11.9. The number of pyridine rings is 1. The summed E-state index contributed by atoms with van der Waals surface area (Å²) in [6.07, 6.45) is 3.29. The summed E-state index contributed by atoms with van der Waals surface area (Å²) in [4.78, 5) is 21.1. The van der Waals surface area contributed by atoms with Gasteiger partial charge in [-0.1, -0.05) is 11.6 Å². The fourth-order valence-electron chi connectivity index (χ4n) is 1.87. The highest BCUT2D eigenvalue weighted by molar-refractivity contribution is 6.36. The van der Waals surface area contributed by atoms with Crippen LogP contribution >= 0.6 is 11.6 Å². The lowest BCUT2D eigenvalue weighted by molar-refractivity contribution is 0.0775. The second-order valence-corrected chi connectivity index (χ2v) is 4.10. The standard InChI is InChI=1S/C12H14ClN3O/c1-3-16(4-2)12(17)8-7-15-11-10(8)9(13)5-6-14-11/h5-7H,3-4H2,1-2H3,(H,14,15). The van der Waals surface area contributed by atoms with Gasteiger partial charge in [-0.25, -0.2) is 4.98 Å². The number of nitrogens with zero attached hydrogens (tertiary/aromatic N) is 2. The van der Waals surface area contributed by atoms with Gasteiger partial charge in [0.25, 0.3) is 5.91 Å². The first-order valence-electron chi connectivity index (χ1n) is 5.59. The number of nitrogens with one attached hydrogen (secondary N) is 1. The van der Waals surface area contributed by atoms with E-state index in [9.17, 15) is 4.79 Å². The number of carbonyl (C=O) groups is 1. The molecule has 2 aromatic heterocycles. The molecule has 0 unspecified atom stereocenters. The minimum atomic E-state index is -0.0175. The summed E-state index contributed by atoms with van der Waals surface area (Å²) in [5.74, 6) is -0.0175. The third-order valence-corrected chi connectivity index (χ3v) is 3.12. The predicted octanol–water partition coefficient (Wildman–Crippen LogP) is 2.70. The lowest BCUT2D eigenvalue weighted by atomic mass is 10.2. The van der Waals surface area contributed by atoms with Crippen LogP contribution in [0.2, 0.25) is 5.02 Å². The lowest BCUT2D eigenvalue weighted by Gasteiger charge is -2.18. The molecule has 90 valence electrons. The van der Waals surface area contributed by atoms with Crippen molar-refractivity contribution in [3.05, 3.63) is 29.0 Å². The Morgan fingerprint density at radius 2 is 2.18 bits per heavy atom. The van der Waals surface area contributed by atoms with E-state index in [0.717, 1.165) is 0 Å². The van der Waals surface area contributed by atoms with Crippen LogP contribution in [0.5, 0.6) is 0 Å². The summed E-state index contributed by atoms with van der Waals surface area (Å²) in [6, 6.07) is 1.69. The van der Waals surface area contributed by atoms with Gasteiger partial charge >= 0.3 is 0 Å². The number of aromatic amines is 1. The maximum absolute atomic E-state index is 12.3. The van der Waals surface area contributed by atoms with Crippen LogP contribution in [0.25, 0.3) is 11.0 Å². The summed E-state index contributed by atoms with van der Waals surface area (Å²) < 4.78 is 0. The Kier molecular flexibility index (Phi) is 3.33. The van der Waals surface area contributed by atoms with E-state index >= 15 is 0 Å². The zero-order valence-electron chi connectivity index (χ0n) is 9.83. The second-order valence-electron chi connectivity index (χ2n) is 3.70. The van der Waals surface area contributed by atoms with E-state index in [-0.39, 0.29) is 5.91 Å². The number of rotatable bonds is 3. The van der Waals surface area contributed by atoms with E-state index in [1.807, 2.05) is 13.8 Å². The smallest absolute Gasteiger partial charge is 0.256 e. The molecule has 0 fully saturated rings. The highest BCUT2D eigenvalue weighted by Gasteiger charge is 2.18. The number of aromatic nitrogens is 2. The Balaban J connectivity index is 2.52. The lowest BCUT2D eigenvalue weighted by Crippen LogP contribution is -2.30. The zero-order chi connectivity index (χ0) is 12.4. The van der Waals surface area contributed by atoms with Crippen molar-refractivity contribution >= 4 is 28.5 Å². The molecule has 17 heavy (non-hydrogen) atoms. The van der Waals surface area contributed by atoms with Crippen LogP contribution in [0.4, 0.5) is 0 Å². The van der Waals surface area contributed by atoms with E-state index in [2.05, 4.69) is 9.97 Å². The summed E-state index contributed by atoms with van der Waals surface area (Å²) in [5.41, 5.74) is 1.23. The highest BCUT2D eigenvalue weighted by atomic mass is 35.5. The topological polar surface area (TPSA) is 49.0 Å². The first-order valence-corrected chi connectivity index (χ1v) is 5.97. The summed E-state index contributed by atoms with van der Waals surface area (Å²) in [7, 11) is 0. The molecule has 2 heterocycles. The minimum Gasteiger partial charge on any atom is -0.345 e. The van der Waals surface area contributed by atoms with Crippen molar-refractivity contribution in [1.82, 2.24) is 14.9 Å². The van der Waals surface area contributed by atoms with Crippen molar-refractivity contribution in [3.63, 3.8) is 0 Å². The summed E-state index contributed by atoms with van der Waals surface area (Å²) >= 11 is 6.11. The number of hydrogen-bond donors (Lipinski definition) is 1. The number of H-pyrrole nitrogens is 1. The molecule has 1 amide bonds. The van der Waals surface area contributed by atoms with Gasteiger partial charge in [-0.05, 0) is 19.9 Å². The Bertz CT molecular complexity index is 546. The van der Waals surface area contributed by atoms with Crippen LogP contribution in [0.1, 0.15) is 24.2 Å².